The highest BCUT2D eigenvalue weighted by Crippen LogP contribution is 2.27. The number of rotatable bonds is 3. The molecule has 2 amide bonds. The lowest BCUT2D eigenvalue weighted by molar-refractivity contribution is -0.146. The molecule has 27 heavy (non-hydrogen) atoms. The van der Waals surface area contributed by atoms with Crippen molar-refractivity contribution >= 4 is 11.8 Å². The lowest BCUT2D eigenvalue weighted by Gasteiger charge is -2.36. The molecule has 0 N–H and O–H groups in total. The Morgan fingerprint density at radius 1 is 1.04 bits per heavy atom. The van der Waals surface area contributed by atoms with Crippen LogP contribution >= 0.6 is 0 Å². The highest BCUT2D eigenvalue weighted by molar-refractivity contribution is 5.82. The Bertz CT molecular complexity index is 706. The van der Waals surface area contributed by atoms with Gasteiger partial charge in [-0.05, 0) is 55.4 Å². The summed E-state index contributed by atoms with van der Waals surface area (Å²) in [7, 11) is 1.68. The molecule has 0 spiro atoms. The van der Waals surface area contributed by atoms with Crippen molar-refractivity contribution in [2.75, 3.05) is 33.4 Å². The van der Waals surface area contributed by atoms with E-state index in [1.807, 2.05) is 15.9 Å². The molecule has 2 saturated heterocycles. The monoisotopic (exact) mass is 372 g/mol. The normalized spacial score (nSPS) is 23.2. The Morgan fingerprint density at radius 3 is 2.56 bits per heavy atom. The largest absolute Gasteiger partial charge is 0.497 e. The van der Waals surface area contributed by atoms with Crippen LogP contribution in [0.1, 0.15) is 36.8 Å². The summed E-state index contributed by atoms with van der Waals surface area (Å²) in [6.45, 7) is 3.45. The minimum atomic E-state index is -0.257. The number of benzene rings is 1. The van der Waals surface area contributed by atoms with Gasteiger partial charge in [-0.25, -0.2) is 0 Å². The van der Waals surface area contributed by atoms with Gasteiger partial charge in [0.15, 0.2) is 0 Å². The zero-order valence-electron chi connectivity index (χ0n) is 16.0. The second kappa shape index (κ2) is 7.89. The van der Waals surface area contributed by atoms with Crippen molar-refractivity contribution < 1.29 is 19.1 Å². The Labute approximate surface area is 160 Å². The van der Waals surface area contributed by atoms with E-state index in [1.54, 1.807) is 7.11 Å². The van der Waals surface area contributed by atoms with E-state index < -0.39 is 0 Å². The lowest BCUT2D eigenvalue weighted by Crippen LogP contribution is -2.47. The molecule has 146 valence electrons. The molecular formula is C21H28N2O4. The van der Waals surface area contributed by atoms with Crippen LogP contribution in [-0.2, 0) is 27.3 Å². The van der Waals surface area contributed by atoms with E-state index in [1.165, 1.54) is 11.1 Å². The number of piperidine rings is 1. The predicted molar refractivity (Wildman–Crippen MR) is 100 cm³/mol. The molecule has 3 aliphatic heterocycles. The lowest BCUT2D eigenvalue weighted by atomic mass is 9.92. The van der Waals surface area contributed by atoms with Crippen LogP contribution in [0.15, 0.2) is 18.2 Å². The number of hydrogen-bond donors (Lipinski definition) is 0. The Balaban J connectivity index is 1.32. The van der Waals surface area contributed by atoms with E-state index >= 15 is 0 Å². The first kappa shape index (κ1) is 18.3. The number of nitrogens with zero attached hydrogens (tertiary/aromatic N) is 2. The van der Waals surface area contributed by atoms with Gasteiger partial charge in [-0.3, -0.25) is 9.59 Å². The molecule has 0 bridgehead atoms. The van der Waals surface area contributed by atoms with Crippen LogP contribution in [0.4, 0.5) is 0 Å². The first-order valence-electron chi connectivity index (χ1n) is 10.0. The third kappa shape index (κ3) is 3.81. The summed E-state index contributed by atoms with van der Waals surface area (Å²) in [5.74, 6) is 1.25. The fraction of sp³-hybridized carbons (Fsp3) is 0.619. The van der Waals surface area contributed by atoms with Crippen LogP contribution < -0.4 is 4.74 Å². The maximum Gasteiger partial charge on any atom is 0.251 e. The van der Waals surface area contributed by atoms with Gasteiger partial charge < -0.3 is 19.3 Å². The first-order chi connectivity index (χ1) is 13.2. The van der Waals surface area contributed by atoms with Crippen molar-refractivity contribution in [3.63, 3.8) is 0 Å². The number of amides is 2. The molecule has 4 rings (SSSR count). The Hall–Kier alpha value is -2.08. The fourth-order valence-corrected chi connectivity index (χ4v) is 4.43. The molecule has 0 radical (unpaired) electrons. The molecule has 0 aromatic heterocycles. The molecule has 1 unspecified atom stereocenters. The average Bonchev–Trinajstić information content (AvgIpc) is 3.27. The van der Waals surface area contributed by atoms with Gasteiger partial charge in [0, 0.05) is 38.7 Å². The van der Waals surface area contributed by atoms with Crippen molar-refractivity contribution in [2.24, 2.45) is 5.92 Å². The second-order valence-electron chi connectivity index (χ2n) is 7.75. The van der Waals surface area contributed by atoms with Crippen molar-refractivity contribution in [2.45, 2.75) is 44.8 Å². The van der Waals surface area contributed by atoms with Gasteiger partial charge in [-0.2, -0.15) is 0 Å². The van der Waals surface area contributed by atoms with Crippen molar-refractivity contribution in [3.8, 4) is 5.75 Å². The highest BCUT2D eigenvalue weighted by Gasteiger charge is 2.34. The van der Waals surface area contributed by atoms with Crippen LogP contribution in [0.2, 0.25) is 0 Å². The van der Waals surface area contributed by atoms with Gasteiger partial charge in [-0.1, -0.05) is 6.07 Å². The van der Waals surface area contributed by atoms with Gasteiger partial charge in [0.05, 0.1) is 7.11 Å². The van der Waals surface area contributed by atoms with Crippen molar-refractivity contribution in [1.29, 1.82) is 0 Å². The van der Waals surface area contributed by atoms with Gasteiger partial charge >= 0.3 is 0 Å². The zero-order chi connectivity index (χ0) is 18.8. The second-order valence-corrected chi connectivity index (χ2v) is 7.75. The topological polar surface area (TPSA) is 59.1 Å². The molecule has 6 nitrogen and oxygen atoms in total. The average molecular weight is 372 g/mol. The number of methoxy groups -OCH3 is 1. The molecule has 2 fully saturated rings. The molecule has 0 aliphatic carbocycles. The van der Waals surface area contributed by atoms with Crippen LogP contribution in [0, 0.1) is 5.92 Å². The fourth-order valence-electron chi connectivity index (χ4n) is 4.43. The maximum atomic E-state index is 13.0. The summed E-state index contributed by atoms with van der Waals surface area (Å²) in [5, 5.41) is 0. The van der Waals surface area contributed by atoms with Crippen LogP contribution in [0.3, 0.4) is 0 Å². The summed E-state index contributed by atoms with van der Waals surface area (Å²) in [4.78, 5) is 29.3. The highest BCUT2D eigenvalue weighted by atomic mass is 16.5. The molecule has 1 aromatic rings. The summed E-state index contributed by atoms with van der Waals surface area (Å²) in [5.41, 5.74) is 2.48. The summed E-state index contributed by atoms with van der Waals surface area (Å²) in [6.07, 6.45) is 3.91. The van der Waals surface area contributed by atoms with Gasteiger partial charge in [-0.15, -0.1) is 0 Å². The van der Waals surface area contributed by atoms with Crippen LogP contribution in [-0.4, -0.2) is 61.1 Å². The van der Waals surface area contributed by atoms with E-state index in [4.69, 9.17) is 9.47 Å². The smallest absolute Gasteiger partial charge is 0.251 e. The van der Waals surface area contributed by atoms with E-state index in [0.717, 1.165) is 44.4 Å². The number of carbonyl (C=O) groups excluding carboxylic acids is 2. The van der Waals surface area contributed by atoms with Gasteiger partial charge in [0.2, 0.25) is 5.91 Å². The van der Waals surface area contributed by atoms with Crippen LogP contribution in [0.25, 0.3) is 0 Å². The third-order valence-electron chi connectivity index (χ3n) is 6.10. The number of carbonyl (C=O) groups is 2. The quantitative estimate of drug-likeness (QED) is 0.814. The molecular weight excluding hydrogens is 344 g/mol. The van der Waals surface area contributed by atoms with Gasteiger partial charge in [0.1, 0.15) is 11.9 Å². The van der Waals surface area contributed by atoms with E-state index in [-0.39, 0.29) is 23.8 Å². The van der Waals surface area contributed by atoms with Crippen molar-refractivity contribution in [3.05, 3.63) is 29.3 Å². The summed E-state index contributed by atoms with van der Waals surface area (Å²) >= 11 is 0. The first-order valence-corrected chi connectivity index (χ1v) is 10.0. The van der Waals surface area contributed by atoms with Crippen molar-refractivity contribution in [1.82, 2.24) is 9.80 Å². The Morgan fingerprint density at radius 2 is 1.85 bits per heavy atom. The number of ether oxygens (including phenoxy) is 2. The third-order valence-corrected chi connectivity index (χ3v) is 6.10. The molecule has 1 aromatic carbocycles. The minimum absolute atomic E-state index is 0.0262. The zero-order valence-corrected chi connectivity index (χ0v) is 16.0. The van der Waals surface area contributed by atoms with Crippen LogP contribution in [0.5, 0.6) is 5.75 Å². The van der Waals surface area contributed by atoms with E-state index in [2.05, 4.69) is 12.1 Å². The number of fused-ring (bicyclic) bond motifs is 1. The molecule has 6 heteroatoms. The number of hydrogen-bond acceptors (Lipinski definition) is 4. The van der Waals surface area contributed by atoms with E-state index in [9.17, 15) is 9.59 Å². The summed E-state index contributed by atoms with van der Waals surface area (Å²) < 4.78 is 10.8. The van der Waals surface area contributed by atoms with Gasteiger partial charge in [0.25, 0.3) is 5.91 Å². The molecule has 3 aliphatic rings. The predicted octanol–water partition coefficient (Wildman–Crippen LogP) is 2.00. The molecule has 3 heterocycles. The summed E-state index contributed by atoms with van der Waals surface area (Å²) in [6, 6.07) is 6.10. The SMILES string of the molecule is COc1ccc2c(c1)CCN(C(=O)C1CCN(C(=O)C3CCCO3)CC1)C2. The standard InChI is InChI=1S/C21H28N2O4/c1-26-18-5-4-17-14-23(11-8-16(17)13-18)20(24)15-6-9-22(10-7-15)21(25)19-3-2-12-27-19/h4-5,13,15,19H,2-3,6-12,14H2,1H3. The number of likely N-dealkylation sites (tertiary alicyclic amines) is 1. The molecule has 0 saturated carbocycles. The Kier molecular flexibility index (Phi) is 5.34. The minimum Gasteiger partial charge on any atom is -0.497 e. The molecule has 1 atom stereocenters. The maximum absolute atomic E-state index is 13.0. The van der Waals surface area contributed by atoms with E-state index in [0.29, 0.717) is 26.2 Å².